The SMILES string of the molecule is CCn1cc(CNc2cccc(Cl)c2F)cn1. The van der Waals surface area contributed by atoms with Crippen LogP contribution >= 0.6 is 11.6 Å². The van der Waals surface area contributed by atoms with Crippen LogP contribution in [0, 0.1) is 5.82 Å². The molecule has 0 saturated heterocycles. The van der Waals surface area contributed by atoms with Gasteiger partial charge in [-0.3, -0.25) is 4.68 Å². The van der Waals surface area contributed by atoms with Crippen LogP contribution in [0.15, 0.2) is 30.6 Å². The van der Waals surface area contributed by atoms with Gasteiger partial charge in [-0.05, 0) is 19.1 Å². The van der Waals surface area contributed by atoms with Crippen molar-refractivity contribution in [1.82, 2.24) is 9.78 Å². The molecule has 0 aliphatic heterocycles. The Labute approximate surface area is 104 Å². The molecule has 1 aromatic carbocycles. The summed E-state index contributed by atoms with van der Waals surface area (Å²) < 4.78 is 15.4. The predicted octanol–water partition coefficient (Wildman–Crippen LogP) is 3.31. The third-order valence-electron chi connectivity index (χ3n) is 2.45. The molecule has 1 N–H and O–H groups in total. The molecule has 90 valence electrons. The zero-order chi connectivity index (χ0) is 12.3. The van der Waals surface area contributed by atoms with Crippen LogP contribution in [-0.4, -0.2) is 9.78 Å². The number of hydrogen-bond donors (Lipinski definition) is 1. The van der Waals surface area contributed by atoms with Crippen molar-refractivity contribution < 1.29 is 4.39 Å². The van der Waals surface area contributed by atoms with E-state index in [2.05, 4.69) is 10.4 Å². The molecule has 2 aromatic rings. The quantitative estimate of drug-likeness (QED) is 0.906. The third kappa shape index (κ3) is 2.77. The molecule has 5 heteroatoms. The van der Waals surface area contributed by atoms with Gasteiger partial charge in [-0.1, -0.05) is 17.7 Å². The molecule has 17 heavy (non-hydrogen) atoms. The summed E-state index contributed by atoms with van der Waals surface area (Å²) in [6.45, 7) is 3.36. The van der Waals surface area contributed by atoms with Crippen molar-refractivity contribution in [1.29, 1.82) is 0 Å². The highest BCUT2D eigenvalue weighted by molar-refractivity contribution is 6.31. The smallest absolute Gasteiger partial charge is 0.164 e. The van der Waals surface area contributed by atoms with E-state index in [0.717, 1.165) is 12.1 Å². The number of anilines is 1. The molecule has 0 aliphatic carbocycles. The number of hydrogen-bond acceptors (Lipinski definition) is 2. The molecule has 1 aromatic heterocycles. The van der Waals surface area contributed by atoms with Crippen molar-refractivity contribution in [3.63, 3.8) is 0 Å². The van der Waals surface area contributed by atoms with Gasteiger partial charge in [-0.15, -0.1) is 0 Å². The highest BCUT2D eigenvalue weighted by Gasteiger charge is 2.05. The summed E-state index contributed by atoms with van der Waals surface area (Å²) in [6, 6.07) is 4.89. The standard InChI is InChI=1S/C12H13ClFN3/c1-2-17-8-9(7-16-17)6-15-11-5-3-4-10(13)12(11)14/h3-5,7-8,15H,2,6H2,1H3. The van der Waals surface area contributed by atoms with Crippen LogP contribution < -0.4 is 5.32 Å². The maximum absolute atomic E-state index is 13.6. The number of aromatic nitrogens is 2. The number of halogens is 2. The summed E-state index contributed by atoms with van der Waals surface area (Å²) >= 11 is 5.69. The van der Waals surface area contributed by atoms with E-state index in [1.807, 2.05) is 17.8 Å². The fraction of sp³-hybridized carbons (Fsp3) is 0.250. The van der Waals surface area contributed by atoms with Crippen LogP contribution in [0.1, 0.15) is 12.5 Å². The normalized spacial score (nSPS) is 10.5. The van der Waals surface area contributed by atoms with Gasteiger partial charge < -0.3 is 5.32 Å². The van der Waals surface area contributed by atoms with E-state index < -0.39 is 5.82 Å². The van der Waals surface area contributed by atoms with E-state index in [1.54, 1.807) is 18.3 Å². The highest BCUT2D eigenvalue weighted by Crippen LogP contribution is 2.22. The number of aryl methyl sites for hydroxylation is 1. The van der Waals surface area contributed by atoms with Crippen LogP contribution in [0.2, 0.25) is 5.02 Å². The van der Waals surface area contributed by atoms with Gasteiger partial charge in [0.25, 0.3) is 0 Å². The second-order valence-electron chi connectivity index (χ2n) is 3.66. The third-order valence-corrected chi connectivity index (χ3v) is 2.74. The van der Waals surface area contributed by atoms with E-state index in [0.29, 0.717) is 12.2 Å². The average Bonchev–Trinajstić information content (AvgIpc) is 2.79. The second kappa shape index (κ2) is 5.19. The van der Waals surface area contributed by atoms with Crippen molar-refractivity contribution >= 4 is 17.3 Å². The first-order valence-corrected chi connectivity index (χ1v) is 5.77. The first kappa shape index (κ1) is 11.9. The minimum Gasteiger partial charge on any atom is -0.378 e. The molecule has 0 bridgehead atoms. The van der Waals surface area contributed by atoms with Gasteiger partial charge in [0.15, 0.2) is 5.82 Å². The minimum absolute atomic E-state index is 0.124. The molecule has 0 atom stereocenters. The van der Waals surface area contributed by atoms with E-state index in [-0.39, 0.29) is 5.02 Å². The lowest BCUT2D eigenvalue weighted by atomic mass is 10.3. The van der Waals surface area contributed by atoms with E-state index in [1.165, 1.54) is 6.07 Å². The molecule has 0 radical (unpaired) electrons. The first-order valence-electron chi connectivity index (χ1n) is 5.40. The maximum atomic E-state index is 13.6. The minimum atomic E-state index is -0.419. The lowest BCUT2D eigenvalue weighted by Crippen LogP contribution is -2.01. The topological polar surface area (TPSA) is 29.9 Å². The van der Waals surface area contributed by atoms with Gasteiger partial charge in [0, 0.05) is 24.8 Å². The van der Waals surface area contributed by atoms with Gasteiger partial charge in [-0.2, -0.15) is 5.10 Å². The lowest BCUT2D eigenvalue weighted by molar-refractivity contribution is 0.630. The van der Waals surface area contributed by atoms with Crippen molar-refractivity contribution in [3.05, 3.63) is 47.0 Å². The average molecular weight is 254 g/mol. The van der Waals surface area contributed by atoms with Crippen LogP contribution in [0.5, 0.6) is 0 Å². The second-order valence-corrected chi connectivity index (χ2v) is 4.07. The van der Waals surface area contributed by atoms with Crippen LogP contribution in [0.3, 0.4) is 0 Å². The molecule has 0 aliphatic rings. The summed E-state index contributed by atoms with van der Waals surface area (Å²) in [5.41, 5.74) is 1.41. The zero-order valence-corrected chi connectivity index (χ0v) is 10.2. The lowest BCUT2D eigenvalue weighted by Gasteiger charge is -2.06. The van der Waals surface area contributed by atoms with Crippen molar-refractivity contribution in [2.75, 3.05) is 5.32 Å². The van der Waals surface area contributed by atoms with E-state index >= 15 is 0 Å². The van der Waals surface area contributed by atoms with Crippen molar-refractivity contribution in [2.45, 2.75) is 20.0 Å². The Morgan fingerprint density at radius 2 is 2.29 bits per heavy atom. The molecule has 2 rings (SSSR count). The Balaban J connectivity index is 2.04. The van der Waals surface area contributed by atoms with Gasteiger partial charge in [0.2, 0.25) is 0 Å². The Bertz CT molecular complexity index is 510. The number of nitrogens with zero attached hydrogens (tertiary/aromatic N) is 2. The molecule has 1 heterocycles. The van der Waals surface area contributed by atoms with Gasteiger partial charge in [-0.25, -0.2) is 4.39 Å². The Morgan fingerprint density at radius 3 is 3.00 bits per heavy atom. The molecular weight excluding hydrogens is 241 g/mol. The zero-order valence-electron chi connectivity index (χ0n) is 9.45. The summed E-state index contributed by atoms with van der Waals surface area (Å²) in [4.78, 5) is 0. The Morgan fingerprint density at radius 1 is 1.47 bits per heavy atom. The largest absolute Gasteiger partial charge is 0.378 e. The Kier molecular flexibility index (Phi) is 3.64. The monoisotopic (exact) mass is 253 g/mol. The molecule has 0 amide bonds. The van der Waals surface area contributed by atoms with Crippen molar-refractivity contribution in [2.24, 2.45) is 0 Å². The predicted molar refractivity (Wildman–Crippen MR) is 66.6 cm³/mol. The molecule has 0 unspecified atom stereocenters. The first-order chi connectivity index (χ1) is 8.20. The number of benzene rings is 1. The van der Waals surface area contributed by atoms with Gasteiger partial charge in [0.1, 0.15) is 0 Å². The molecule has 3 nitrogen and oxygen atoms in total. The summed E-state index contributed by atoms with van der Waals surface area (Å²) in [5.74, 6) is -0.419. The number of nitrogens with one attached hydrogen (secondary N) is 1. The van der Waals surface area contributed by atoms with Crippen molar-refractivity contribution in [3.8, 4) is 0 Å². The fourth-order valence-electron chi connectivity index (χ4n) is 1.51. The summed E-state index contributed by atoms with van der Waals surface area (Å²) in [5, 5.41) is 7.26. The molecule has 0 fully saturated rings. The fourth-order valence-corrected chi connectivity index (χ4v) is 1.68. The molecule has 0 spiro atoms. The number of rotatable bonds is 4. The Hall–Kier alpha value is -1.55. The van der Waals surface area contributed by atoms with Crippen LogP contribution in [0.25, 0.3) is 0 Å². The van der Waals surface area contributed by atoms with Gasteiger partial charge >= 0.3 is 0 Å². The molecule has 0 saturated carbocycles. The maximum Gasteiger partial charge on any atom is 0.164 e. The molecular formula is C12H13ClFN3. The van der Waals surface area contributed by atoms with E-state index in [9.17, 15) is 4.39 Å². The highest BCUT2D eigenvalue weighted by atomic mass is 35.5. The van der Waals surface area contributed by atoms with Crippen LogP contribution in [0.4, 0.5) is 10.1 Å². The summed E-state index contributed by atoms with van der Waals surface area (Å²) in [7, 11) is 0. The van der Waals surface area contributed by atoms with Crippen LogP contribution in [-0.2, 0) is 13.1 Å². The summed E-state index contributed by atoms with van der Waals surface area (Å²) in [6.07, 6.45) is 3.69. The van der Waals surface area contributed by atoms with E-state index in [4.69, 9.17) is 11.6 Å². The van der Waals surface area contributed by atoms with Gasteiger partial charge in [0.05, 0.1) is 16.9 Å².